The number of benzene rings is 2. The molecule has 1 amide bonds. The van der Waals surface area contributed by atoms with Crippen molar-refractivity contribution in [3.05, 3.63) is 72.4 Å². The van der Waals surface area contributed by atoms with Crippen LogP contribution in [0.3, 0.4) is 0 Å². The molecule has 104 valence electrons. The second-order valence-electron chi connectivity index (χ2n) is 5.06. The Hall–Kier alpha value is -2.68. The van der Waals surface area contributed by atoms with Crippen LogP contribution in [-0.2, 0) is 11.3 Å². The van der Waals surface area contributed by atoms with Crippen LogP contribution < -0.4 is 9.88 Å². The van der Waals surface area contributed by atoms with Gasteiger partial charge in [-0.15, -0.1) is 0 Å². The first-order chi connectivity index (χ1) is 10.2. The summed E-state index contributed by atoms with van der Waals surface area (Å²) >= 11 is 0. The van der Waals surface area contributed by atoms with Crippen LogP contribution in [0.5, 0.6) is 0 Å². The Bertz CT molecular complexity index is 782. The van der Waals surface area contributed by atoms with Gasteiger partial charge >= 0.3 is 0 Å². The van der Waals surface area contributed by atoms with Crippen molar-refractivity contribution in [1.82, 2.24) is 0 Å². The van der Waals surface area contributed by atoms with E-state index in [4.69, 9.17) is 0 Å². The second-order valence-corrected chi connectivity index (χ2v) is 5.06. The molecule has 0 saturated carbocycles. The van der Waals surface area contributed by atoms with Crippen molar-refractivity contribution in [3.8, 4) is 0 Å². The Morgan fingerprint density at radius 1 is 1.00 bits per heavy atom. The Morgan fingerprint density at radius 2 is 1.71 bits per heavy atom. The van der Waals surface area contributed by atoms with Crippen LogP contribution in [-0.4, -0.2) is 5.91 Å². The molecule has 3 aromatic rings. The molecule has 2 aromatic carbocycles. The number of hydrogen-bond acceptors (Lipinski definition) is 1. The number of hydrogen-bond donors (Lipinski definition) is 1. The van der Waals surface area contributed by atoms with Crippen LogP contribution in [0.1, 0.15) is 5.56 Å². The van der Waals surface area contributed by atoms with Gasteiger partial charge in [-0.2, -0.15) is 4.57 Å². The van der Waals surface area contributed by atoms with Crippen molar-refractivity contribution in [2.45, 2.75) is 13.5 Å². The smallest absolute Gasteiger partial charge is 0.290 e. The van der Waals surface area contributed by atoms with E-state index in [0.717, 1.165) is 11.2 Å². The molecule has 0 radical (unpaired) electrons. The molecule has 0 aliphatic carbocycles. The molecule has 0 aliphatic heterocycles. The predicted octanol–water partition coefficient (Wildman–Crippen LogP) is 3.07. The van der Waals surface area contributed by atoms with Crippen molar-refractivity contribution in [2.75, 3.05) is 5.32 Å². The minimum atomic E-state index is -0.0276. The summed E-state index contributed by atoms with van der Waals surface area (Å²) in [6.07, 6.45) is 1.96. The number of aryl methyl sites for hydroxylation is 1. The largest absolute Gasteiger partial charge is 0.321 e. The highest BCUT2D eigenvalue weighted by Gasteiger charge is 2.14. The molecule has 1 aromatic heterocycles. The summed E-state index contributed by atoms with van der Waals surface area (Å²) in [4.78, 5) is 12.2. The molecule has 0 saturated heterocycles. The first-order valence-corrected chi connectivity index (χ1v) is 6.97. The lowest BCUT2D eigenvalue weighted by atomic mass is 10.1. The average Bonchev–Trinajstić information content (AvgIpc) is 2.51. The van der Waals surface area contributed by atoms with E-state index in [9.17, 15) is 4.79 Å². The highest BCUT2D eigenvalue weighted by Crippen LogP contribution is 2.13. The lowest BCUT2D eigenvalue weighted by Gasteiger charge is -2.05. The highest BCUT2D eigenvalue weighted by atomic mass is 16.1. The molecule has 0 aliphatic rings. The number of fused-ring (bicyclic) bond motifs is 1. The first kappa shape index (κ1) is 13.3. The summed E-state index contributed by atoms with van der Waals surface area (Å²) < 4.78 is 1.97. The predicted molar refractivity (Wildman–Crippen MR) is 84.0 cm³/mol. The maximum Gasteiger partial charge on any atom is 0.290 e. The Labute approximate surface area is 123 Å². The van der Waals surface area contributed by atoms with Crippen LogP contribution in [0.2, 0.25) is 0 Å². The molecule has 1 N–H and O–H groups in total. The quantitative estimate of drug-likeness (QED) is 0.733. The van der Waals surface area contributed by atoms with Crippen LogP contribution in [0.15, 0.2) is 66.9 Å². The van der Waals surface area contributed by atoms with Gasteiger partial charge in [-0.1, -0.05) is 30.3 Å². The SMILES string of the molecule is Cc1cc[n+](CC(=O)Nc2ccccc2)c2ccccc12. The van der Waals surface area contributed by atoms with E-state index in [0.29, 0.717) is 6.54 Å². The van der Waals surface area contributed by atoms with E-state index < -0.39 is 0 Å². The second kappa shape index (κ2) is 5.75. The zero-order valence-corrected chi connectivity index (χ0v) is 11.9. The van der Waals surface area contributed by atoms with Crippen molar-refractivity contribution in [1.29, 1.82) is 0 Å². The van der Waals surface area contributed by atoms with Gasteiger partial charge in [-0.25, -0.2) is 0 Å². The van der Waals surface area contributed by atoms with E-state index in [1.807, 2.05) is 65.4 Å². The molecule has 21 heavy (non-hydrogen) atoms. The zero-order chi connectivity index (χ0) is 14.7. The minimum absolute atomic E-state index is 0.0276. The maximum atomic E-state index is 12.2. The molecule has 0 fully saturated rings. The average molecular weight is 277 g/mol. The van der Waals surface area contributed by atoms with Crippen molar-refractivity contribution >= 4 is 22.5 Å². The molecule has 3 heteroatoms. The number of pyridine rings is 1. The lowest BCUT2D eigenvalue weighted by molar-refractivity contribution is -0.658. The van der Waals surface area contributed by atoms with Crippen LogP contribution in [0.25, 0.3) is 10.9 Å². The molecular weight excluding hydrogens is 260 g/mol. The number of carbonyl (C=O) groups is 1. The van der Waals surface area contributed by atoms with Crippen molar-refractivity contribution in [3.63, 3.8) is 0 Å². The summed E-state index contributed by atoms with van der Waals surface area (Å²) in [6.45, 7) is 2.38. The van der Waals surface area contributed by atoms with Crippen molar-refractivity contribution < 1.29 is 9.36 Å². The summed E-state index contributed by atoms with van der Waals surface area (Å²) in [5, 5.41) is 4.08. The Kier molecular flexibility index (Phi) is 3.65. The molecule has 1 heterocycles. The Morgan fingerprint density at radius 3 is 2.52 bits per heavy atom. The van der Waals surface area contributed by atoms with E-state index in [1.165, 1.54) is 10.9 Å². The molecular formula is C18H17N2O+. The third-order valence-electron chi connectivity index (χ3n) is 3.51. The van der Waals surface area contributed by atoms with Gasteiger partial charge in [-0.3, -0.25) is 4.79 Å². The summed E-state index contributed by atoms with van der Waals surface area (Å²) in [5.74, 6) is -0.0276. The van der Waals surface area contributed by atoms with Gasteiger partial charge in [-0.05, 0) is 30.7 Å². The fraction of sp³-hybridized carbons (Fsp3) is 0.111. The summed E-state index contributed by atoms with van der Waals surface area (Å²) in [7, 11) is 0. The fourth-order valence-electron chi connectivity index (χ4n) is 2.44. The van der Waals surface area contributed by atoms with Gasteiger partial charge < -0.3 is 5.32 Å². The van der Waals surface area contributed by atoms with Gasteiger partial charge in [0.1, 0.15) is 0 Å². The number of nitrogens with zero attached hydrogens (tertiary/aromatic N) is 1. The minimum Gasteiger partial charge on any atom is -0.321 e. The third-order valence-corrected chi connectivity index (χ3v) is 3.51. The molecule has 3 nitrogen and oxygen atoms in total. The normalized spacial score (nSPS) is 10.5. The number of para-hydroxylation sites is 2. The van der Waals surface area contributed by atoms with Crippen LogP contribution in [0.4, 0.5) is 5.69 Å². The number of rotatable bonds is 3. The standard InChI is InChI=1S/C18H16N2O/c1-14-11-12-20(17-10-6-5-9-16(14)17)13-18(21)19-15-7-3-2-4-8-15/h2-12H,13H2,1H3/p+1. The lowest BCUT2D eigenvalue weighted by Crippen LogP contribution is -2.40. The monoisotopic (exact) mass is 277 g/mol. The third kappa shape index (κ3) is 2.92. The number of carbonyl (C=O) groups excluding carboxylic acids is 1. The van der Waals surface area contributed by atoms with Crippen LogP contribution in [0, 0.1) is 6.92 Å². The fourth-order valence-corrected chi connectivity index (χ4v) is 2.44. The number of amides is 1. The van der Waals surface area contributed by atoms with E-state index in [-0.39, 0.29) is 5.91 Å². The van der Waals surface area contributed by atoms with Gasteiger partial charge in [0.2, 0.25) is 12.1 Å². The van der Waals surface area contributed by atoms with E-state index >= 15 is 0 Å². The van der Waals surface area contributed by atoms with E-state index in [1.54, 1.807) is 0 Å². The van der Waals surface area contributed by atoms with Gasteiger partial charge in [0.15, 0.2) is 6.20 Å². The van der Waals surface area contributed by atoms with Gasteiger partial charge in [0.25, 0.3) is 5.91 Å². The zero-order valence-electron chi connectivity index (χ0n) is 11.9. The summed E-state index contributed by atoms with van der Waals surface area (Å²) in [6, 6.07) is 19.7. The molecule has 0 unspecified atom stereocenters. The highest BCUT2D eigenvalue weighted by molar-refractivity contribution is 5.90. The first-order valence-electron chi connectivity index (χ1n) is 6.97. The van der Waals surface area contributed by atoms with Gasteiger partial charge in [0, 0.05) is 23.2 Å². The number of aromatic nitrogens is 1. The van der Waals surface area contributed by atoms with Gasteiger partial charge in [0.05, 0.1) is 0 Å². The molecule has 0 bridgehead atoms. The topological polar surface area (TPSA) is 33.0 Å². The molecule has 0 spiro atoms. The number of nitrogens with one attached hydrogen (secondary N) is 1. The summed E-state index contributed by atoms with van der Waals surface area (Å²) in [5.41, 5.74) is 3.10. The van der Waals surface area contributed by atoms with E-state index in [2.05, 4.69) is 18.3 Å². The van der Waals surface area contributed by atoms with Crippen molar-refractivity contribution in [2.24, 2.45) is 0 Å². The molecule has 0 atom stereocenters. The Balaban J connectivity index is 1.85. The number of anilines is 1. The molecule has 3 rings (SSSR count). The maximum absolute atomic E-state index is 12.2. The van der Waals surface area contributed by atoms with Crippen LogP contribution >= 0.6 is 0 Å².